The summed E-state index contributed by atoms with van der Waals surface area (Å²) in [6, 6.07) is 0. The summed E-state index contributed by atoms with van der Waals surface area (Å²) in [6.45, 7) is -1.10. The lowest BCUT2D eigenvalue weighted by Crippen LogP contribution is -2.40. The number of aliphatic hydroxyl groups excluding tert-OH is 1. The maximum atomic E-state index is 12.7. The molecule has 1 N–H and O–H groups in total. The van der Waals surface area contributed by atoms with Crippen LogP contribution < -0.4 is 0 Å². The third-order valence-electron chi connectivity index (χ3n) is 3.07. The molecule has 0 saturated carbocycles. The highest BCUT2D eigenvalue weighted by Gasteiger charge is 2.65. The molecule has 2 aliphatic rings. The van der Waals surface area contributed by atoms with Crippen molar-refractivity contribution in [2.24, 2.45) is 0 Å². The minimum Gasteiger partial charge on any atom is -0.393 e. The number of hydrogen-bond acceptors (Lipinski definition) is 2. The largest absolute Gasteiger partial charge is 0.415 e. The normalized spacial score (nSPS) is 33.7. The molecule has 2 atom stereocenters. The van der Waals surface area contributed by atoms with Gasteiger partial charge in [-0.3, -0.25) is 0 Å². The first-order chi connectivity index (χ1) is 7.62. The van der Waals surface area contributed by atoms with Gasteiger partial charge in [-0.1, -0.05) is 0 Å². The summed E-state index contributed by atoms with van der Waals surface area (Å²) in [5.74, 6) is 0. The van der Waals surface area contributed by atoms with E-state index in [9.17, 15) is 26.3 Å². The van der Waals surface area contributed by atoms with Crippen LogP contribution in [0.4, 0.5) is 26.3 Å². The van der Waals surface area contributed by atoms with Crippen LogP contribution in [-0.2, 0) is 4.74 Å². The Morgan fingerprint density at radius 2 is 1.76 bits per heavy atom. The second kappa shape index (κ2) is 3.38. The molecule has 0 spiro atoms. The van der Waals surface area contributed by atoms with Crippen molar-refractivity contribution in [3.8, 4) is 0 Å². The number of halogens is 6. The van der Waals surface area contributed by atoms with E-state index in [2.05, 4.69) is 0 Å². The van der Waals surface area contributed by atoms with Gasteiger partial charge in [0.25, 0.3) is 0 Å². The smallest absolute Gasteiger partial charge is 0.393 e. The second-order valence-electron chi connectivity index (χ2n) is 4.08. The summed E-state index contributed by atoms with van der Waals surface area (Å²) in [5, 5.41) is 8.93. The molecule has 0 amide bonds. The Bertz CT molecular complexity index is 369. The highest BCUT2D eigenvalue weighted by Crippen LogP contribution is 2.56. The molecule has 2 bridgehead atoms. The molecule has 2 nitrogen and oxygen atoms in total. The van der Waals surface area contributed by atoms with Crippen LogP contribution in [0.1, 0.15) is 12.8 Å². The van der Waals surface area contributed by atoms with Gasteiger partial charge in [0, 0.05) is 0 Å². The van der Waals surface area contributed by atoms with E-state index in [0.29, 0.717) is 0 Å². The van der Waals surface area contributed by atoms with Crippen LogP contribution in [0.15, 0.2) is 11.1 Å². The number of aliphatic hydroxyl groups is 1. The summed E-state index contributed by atoms with van der Waals surface area (Å²) >= 11 is 0. The van der Waals surface area contributed by atoms with E-state index >= 15 is 0 Å². The van der Waals surface area contributed by atoms with Gasteiger partial charge in [0.2, 0.25) is 0 Å². The zero-order chi connectivity index (χ0) is 13.1. The Labute approximate surface area is 91.9 Å². The number of alkyl halides is 6. The van der Waals surface area contributed by atoms with Gasteiger partial charge in [-0.05, 0) is 12.8 Å². The fourth-order valence-electron chi connectivity index (χ4n) is 2.48. The maximum Gasteiger partial charge on any atom is 0.415 e. The molecule has 2 heterocycles. The van der Waals surface area contributed by atoms with Gasteiger partial charge in [0.15, 0.2) is 0 Å². The van der Waals surface area contributed by atoms with E-state index in [1.807, 2.05) is 0 Å². The first kappa shape index (κ1) is 12.7. The number of ether oxygens (including phenoxy) is 1. The van der Waals surface area contributed by atoms with Gasteiger partial charge >= 0.3 is 12.4 Å². The van der Waals surface area contributed by atoms with Crippen molar-refractivity contribution in [3.05, 3.63) is 11.1 Å². The van der Waals surface area contributed by atoms with Crippen LogP contribution in [0.25, 0.3) is 0 Å². The fraction of sp³-hybridized carbons (Fsp3) is 0.778. The topological polar surface area (TPSA) is 29.5 Å². The van der Waals surface area contributed by atoms with E-state index in [4.69, 9.17) is 9.84 Å². The molecule has 2 aliphatic heterocycles. The van der Waals surface area contributed by atoms with Gasteiger partial charge in [0.1, 0.15) is 5.60 Å². The van der Waals surface area contributed by atoms with Crippen LogP contribution in [0.3, 0.4) is 0 Å². The van der Waals surface area contributed by atoms with Crippen LogP contribution in [0.5, 0.6) is 0 Å². The number of fused-ring (bicyclic) bond motifs is 2. The van der Waals surface area contributed by atoms with Crippen LogP contribution in [-0.4, -0.2) is 35.8 Å². The lowest BCUT2D eigenvalue weighted by molar-refractivity contribution is -0.128. The summed E-state index contributed by atoms with van der Waals surface area (Å²) in [5.41, 5.74) is -5.69. The summed E-state index contributed by atoms with van der Waals surface area (Å²) in [6.07, 6.45) is -12.3. The molecule has 17 heavy (non-hydrogen) atoms. The van der Waals surface area contributed by atoms with Crippen molar-refractivity contribution >= 4 is 0 Å². The monoisotopic (exact) mass is 262 g/mol. The number of hydrogen-bond donors (Lipinski definition) is 1. The molecule has 0 aromatic carbocycles. The molecular formula is C9H8F6O2. The van der Waals surface area contributed by atoms with Crippen molar-refractivity contribution in [2.45, 2.75) is 36.9 Å². The van der Waals surface area contributed by atoms with Gasteiger partial charge in [-0.2, -0.15) is 26.3 Å². The molecule has 0 radical (unpaired) electrons. The fourth-order valence-corrected chi connectivity index (χ4v) is 2.48. The molecule has 8 heteroatoms. The Kier molecular flexibility index (Phi) is 2.52. The molecule has 0 unspecified atom stereocenters. The Hall–Kier alpha value is -0.760. The Balaban J connectivity index is 2.61. The highest BCUT2D eigenvalue weighted by atomic mass is 19.4. The number of rotatable bonds is 1. The Morgan fingerprint density at radius 3 is 2.18 bits per heavy atom. The third kappa shape index (κ3) is 1.74. The van der Waals surface area contributed by atoms with E-state index in [0.717, 1.165) is 0 Å². The molecule has 2 rings (SSSR count). The average molecular weight is 262 g/mol. The zero-order valence-corrected chi connectivity index (χ0v) is 8.32. The van der Waals surface area contributed by atoms with E-state index < -0.39 is 41.8 Å². The summed E-state index contributed by atoms with van der Waals surface area (Å²) < 4.78 is 80.5. The maximum absolute atomic E-state index is 12.7. The van der Waals surface area contributed by atoms with Gasteiger partial charge in [-0.15, -0.1) is 0 Å². The van der Waals surface area contributed by atoms with Crippen molar-refractivity contribution in [1.29, 1.82) is 0 Å². The predicted molar refractivity (Wildman–Crippen MR) is 43.1 cm³/mol. The summed E-state index contributed by atoms with van der Waals surface area (Å²) in [7, 11) is 0. The van der Waals surface area contributed by atoms with E-state index in [-0.39, 0.29) is 12.8 Å². The quantitative estimate of drug-likeness (QED) is 0.580. The molecule has 1 fully saturated rings. The molecule has 1 saturated heterocycles. The zero-order valence-electron chi connectivity index (χ0n) is 8.32. The van der Waals surface area contributed by atoms with Crippen molar-refractivity contribution in [2.75, 3.05) is 6.61 Å². The van der Waals surface area contributed by atoms with Crippen molar-refractivity contribution < 1.29 is 36.2 Å². The van der Waals surface area contributed by atoms with Crippen LogP contribution in [0, 0.1) is 0 Å². The lowest BCUT2D eigenvalue weighted by atomic mass is 9.82. The highest BCUT2D eigenvalue weighted by molar-refractivity contribution is 5.42. The summed E-state index contributed by atoms with van der Waals surface area (Å²) in [4.78, 5) is 0. The second-order valence-corrected chi connectivity index (χ2v) is 4.08. The molecular weight excluding hydrogens is 254 g/mol. The standard InChI is InChI=1S/C9H8F6O2/c10-8(11,12)5-4-1-2-7(3-16,17-4)6(5)9(13,14)15/h4,16H,1-3H2/t4-,7-/m0/s1. The van der Waals surface area contributed by atoms with Crippen molar-refractivity contribution in [3.63, 3.8) is 0 Å². The lowest BCUT2D eigenvalue weighted by Gasteiger charge is -2.28. The molecule has 98 valence electrons. The van der Waals surface area contributed by atoms with Crippen LogP contribution in [0.2, 0.25) is 0 Å². The van der Waals surface area contributed by atoms with Gasteiger partial charge in [-0.25, -0.2) is 0 Å². The SMILES string of the molecule is OC[C@]12CC[C@H](O1)C(C(F)(F)F)=C2C(F)(F)F. The van der Waals surface area contributed by atoms with Gasteiger partial charge < -0.3 is 9.84 Å². The average Bonchev–Trinajstić information content (AvgIpc) is 2.70. The minimum absolute atomic E-state index is 0.158. The molecule has 0 aromatic rings. The first-order valence-electron chi connectivity index (χ1n) is 4.79. The van der Waals surface area contributed by atoms with Crippen LogP contribution >= 0.6 is 0 Å². The van der Waals surface area contributed by atoms with E-state index in [1.54, 1.807) is 0 Å². The predicted octanol–water partition coefficient (Wildman–Crippen LogP) is 2.33. The van der Waals surface area contributed by atoms with E-state index in [1.165, 1.54) is 0 Å². The Morgan fingerprint density at radius 1 is 1.18 bits per heavy atom. The van der Waals surface area contributed by atoms with Crippen molar-refractivity contribution in [1.82, 2.24) is 0 Å². The third-order valence-corrected chi connectivity index (χ3v) is 3.07. The first-order valence-corrected chi connectivity index (χ1v) is 4.79. The van der Waals surface area contributed by atoms with Gasteiger partial charge in [0.05, 0.1) is 23.9 Å². The molecule has 0 aromatic heterocycles. The minimum atomic E-state index is -5.15. The molecule has 0 aliphatic carbocycles.